The van der Waals surface area contributed by atoms with Crippen molar-refractivity contribution in [3.05, 3.63) is 64.2 Å². The zero-order valence-corrected chi connectivity index (χ0v) is 15.4. The molecule has 0 aliphatic rings. The third-order valence-electron chi connectivity index (χ3n) is 4.39. The maximum absolute atomic E-state index is 12.4. The summed E-state index contributed by atoms with van der Waals surface area (Å²) in [6.45, 7) is 12.0. The molecule has 2 unspecified atom stereocenters. The Kier molecular flexibility index (Phi) is 5.66. The van der Waals surface area contributed by atoms with E-state index < -0.39 is 6.10 Å². The molecule has 0 fully saturated rings. The Morgan fingerprint density at radius 2 is 1.62 bits per heavy atom. The van der Waals surface area contributed by atoms with Gasteiger partial charge in [-0.1, -0.05) is 35.9 Å². The SMILES string of the molecule is Cc1ccc(OC(C)C(=O)NC(C)c2ccc(C)c(C)c2)c(C)c1. The van der Waals surface area contributed by atoms with Gasteiger partial charge in [0.25, 0.3) is 5.91 Å². The highest BCUT2D eigenvalue weighted by Gasteiger charge is 2.18. The van der Waals surface area contributed by atoms with Crippen molar-refractivity contribution in [3.63, 3.8) is 0 Å². The van der Waals surface area contributed by atoms with Gasteiger partial charge in [-0.25, -0.2) is 0 Å². The molecule has 0 aliphatic heterocycles. The van der Waals surface area contributed by atoms with Crippen LogP contribution in [0, 0.1) is 27.7 Å². The van der Waals surface area contributed by atoms with Crippen molar-refractivity contribution in [1.82, 2.24) is 5.32 Å². The number of hydrogen-bond donors (Lipinski definition) is 1. The predicted octanol–water partition coefficient (Wildman–Crippen LogP) is 4.56. The van der Waals surface area contributed by atoms with Gasteiger partial charge in [0, 0.05) is 0 Å². The molecule has 3 nitrogen and oxygen atoms in total. The van der Waals surface area contributed by atoms with Crippen LogP contribution in [0.3, 0.4) is 0 Å². The standard InChI is InChI=1S/C21H27NO2/c1-13-7-10-20(16(4)11-13)24-18(6)21(23)22-17(5)19-9-8-14(2)15(3)12-19/h7-12,17-18H,1-6H3,(H,22,23). The lowest BCUT2D eigenvalue weighted by Crippen LogP contribution is -2.37. The van der Waals surface area contributed by atoms with Gasteiger partial charge < -0.3 is 10.1 Å². The number of nitrogens with one attached hydrogen (secondary N) is 1. The van der Waals surface area contributed by atoms with E-state index in [1.54, 1.807) is 6.92 Å². The third-order valence-corrected chi connectivity index (χ3v) is 4.39. The van der Waals surface area contributed by atoms with E-state index >= 15 is 0 Å². The van der Waals surface area contributed by atoms with E-state index in [1.165, 1.54) is 16.7 Å². The van der Waals surface area contributed by atoms with Crippen LogP contribution in [0.2, 0.25) is 0 Å². The average molecular weight is 325 g/mol. The second kappa shape index (κ2) is 7.52. The lowest BCUT2D eigenvalue weighted by Gasteiger charge is -2.20. The van der Waals surface area contributed by atoms with Crippen LogP contribution in [0.25, 0.3) is 0 Å². The minimum Gasteiger partial charge on any atom is -0.481 e. The molecule has 1 amide bonds. The van der Waals surface area contributed by atoms with E-state index in [1.807, 2.05) is 32.9 Å². The second-order valence-corrected chi connectivity index (χ2v) is 6.60. The minimum absolute atomic E-state index is 0.0537. The molecule has 0 saturated heterocycles. The molecule has 2 rings (SSSR count). The Bertz CT molecular complexity index is 737. The highest BCUT2D eigenvalue weighted by Crippen LogP contribution is 2.21. The minimum atomic E-state index is -0.541. The molecule has 0 spiro atoms. The molecule has 2 aromatic rings. The van der Waals surface area contributed by atoms with Crippen molar-refractivity contribution in [2.75, 3.05) is 0 Å². The lowest BCUT2D eigenvalue weighted by atomic mass is 10.0. The normalized spacial score (nSPS) is 13.2. The van der Waals surface area contributed by atoms with Crippen LogP contribution >= 0.6 is 0 Å². The molecular weight excluding hydrogens is 298 g/mol. The number of benzene rings is 2. The molecule has 2 atom stereocenters. The van der Waals surface area contributed by atoms with Crippen molar-refractivity contribution in [3.8, 4) is 5.75 Å². The van der Waals surface area contributed by atoms with E-state index in [0.717, 1.165) is 16.9 Å². The summed E-state index contributed by atoms with van der Waals surface area (Å²) in [7, 11) is 0. The molecule has 3 heteroatoms. The molecule has 0 aromatic heterocycles. The van der Waals surface area contributed by atoms with Crippen LogP contribution in [0.4, 0.5) is 0 Å². The zero-order valence-electron chi connectivity index (χ0n) is 15.4. The molecule has 2 aromatic carbocycles. The van der Waals surface area contributed by atoms with Gasteiger partial charge in [0.1, 0.15) is 5.75 Å². The maximum atomic E-state index is 12.4. The lowest BCUT2D eigenvalue weighted by molar-refractivity contribution is -0.127. The van der Waals surface area contributed by atoms with Crippen molar-refractivity contribution in [1.29, 1.82) is 0 Å². The largest absolute Gasteiger partial charge is 0.481 e. The fourth-order valence-corrected chi connectivity index (χ4v) is 2.62. The quantitative estimate of drug-likeness (QED) is 0.875. The number of rotatable bonds is 5. The van der Waals surface area contributed by atoms with Crippen molar-refractivity contribution in [2.45, 2.75) is 53.7 Å². The van der Waals surface area contributed by atoms with Gasteiger partial charge in [-0.05, 0) is 69.9 Å². The Morgan fingerprint density at radius 1 is 0.917 bits per heavy atom. The molecule has 1 N–H and O–H groups in total. The zero-order chi connectivity index (χ0) is 17.9. The van der Waals surface area contributed by atoms with Crippen LogP contribution in [-0.2, 0) is 4.79 Å². The summed E-state index contributed by atoms with van der Waals surface area (Å²) in [6.07, 6.45) is -0.541. The average Bonchev–Trinajstić information content (AvgIpc) is 2.52. The third kappa shape index (κ3) is 4.38. The first-order valence-electron chi connectivity index (χ1n) is 8.39. The Hall–Kier alpha value is -2.29. The van der Waals surface area contributed by atoms with Gasteiger partial charge in [0.05, 0.1) is 6.04 Å². The maximum Gasteiger partial charge on any atom is 0.261 e. The first-order valence-corrected chi connectivity index (χ1v) is 8.39. The van der Waals surface area contributed by atoms with E-state index in [-0.39, 0.29) is 11.9 Å². The Balaban J connectivity index is 2.01. The summed E-state index contributed by atoms with van der Waals surface area (Å²) >= 11 is 0. The number of ether oxygens (including phenoxy) is 1. The van der Waals surface area contributed by atoms with Gasteiger partial charge in [0.2, 0.25) is 0 Å². The van der Waals surface area contributed by atoms with Crippen LogP contribution in [-0.4, -0.2) is 12.0 Å². The monoisotopic (exact) mass is 325 g/mol. The molecule has 0 bridgehead atoms. The van der Waals surface area contributed by atoms with Crippen molar-refractivity contribution >= 4 is 5.91 Å². The second-order valence-electron chi connectivity index (χ2n) is 6.60. The number of aryl methyl sites for hydroxylation is 4. The van der Waals surface area contributed by atoms with Crippen LogP contribution in [0.15, 0.2) is 36.4 Å². The predicted molar refractivity (Wildman–Crippen MR) is 98.5 cm³/mol. The topological polar surface area (TPSA) is 38.3 Å². The highest BCUT2D eigenvalue weighted by atomic mass is 16.5. The van der Waals surface area contributed by atoms with Gasteiger partial charge in [0.15, 0.2) is 6.10 Å². The van der Waals surface area contributed by atoms with E-state index in [2.05, 4.69) is 43.4 Å². The molecule has 0 radical (unpaired) electrons. The van der Waals surface area contributed by atoms with E-state index in [4.69, 9.17) is 4.74 Å². The first kappa shape index (κ1) is 18.1. The molecule has 128 valence electrons. The molecule has 0 saturated carbocycles. The summed E-state index contributed by atoms with van der Waals surface area (Å²) in [5, 5.41) is 3.03. The molecule has 24 heavy (non-hydrogen) atoms. The summed E-state index contributed by atoms with van der Waals surface area (Å²) in [6, 6.07) is 12.2. The number of amides is 1. The van der Waals surface area contributed by atoms with Gasteiger partial charge in [-0.15, -0.1) is 0 Å². The van der Waals surface area contributed by atoms with Crippen LogP contribution in [0.1, 0.15) is 47.7 Å². The summed E-state index contributed by atoms with van der Waals surface area (Å²) in [4.78, 5) is 12.4. The molecule has 0 aliphatic carbocycles. The van der Waals surface area contributed by atoms with Crippen LogP contribution < -0.4 is 10.1 Å². The highest BCUT2D eigenvalue weighted by molar-refractivity contribution is 5.81. The summed E-state index contributed by atoms with van der Waals surface area (Å²) in [5.41, 5.74) is 5.80. The van der Waals surface area contributed by atoms with E-state index in [0.29, 0.717) is 0 Å². The Morgan fingerprint density at radius 3 is 2.25 bits per heavy atom. The smallest absolute Gasteiger partial charge is 0.261 e. The fraction of sp³-hybridized carbons (Fsp3) is 0.381. The molecule has 0 heterocycles. The van der Waals surface area contributed by atoms with Gasteiger partial charge >= 0.3 is 0 Å². The number of carbonyl (C=O) groups is 1. The summed E-state index contributed by atoms with van der Waals surface area (Å²) < 4.78 is 5.83. The Labute approximate surface area is 145 Å². The summed E-state index contributed by atoms with van der Waals surface area (Å²) in [5.74, 6) is 0.641. The number of carbonyl (C=O) groups excluding carboxylic acids is 1. The molecular formula is C21H27NO2. The van der Waals surface area contributed by atoms with Crippen molar-refractivity contribution in [2.24, 2.45) is 0 Å². The van der Waals surface area contributed by atoms with E-state index in [9.17, 15) is 4.79 Å². The first-order chi connectivity index (χ1) is 11.3. The van der Waals surface area contributed by atoms with Crippen molar-refractivity contribution < 1.29 is 9.53 Å². The van der Waals surface area contributed by atoms with Gasteiger partial charge in [-0.2, -0.15) is 0 Å². The van der Waals surface area contributed by atoms with Crippen LogP contribution in [0.5, 0.6) is 5.75 Å². The number of hydrogen-bond acceptors (Lipinski definition) is 2. The van der Waals surface area contributed by atoms with Gasteiger partial charge in [-0.3, -0.25) is 4.79 Å². The fourth-order valence-electron chi connectivity index (χ4n) is 2.62.